The second-order valence-corrected chi connectivity index (χ2v) is 7.73. The Morgan fingerprint density at radius 3 is 2.63 bits per heavy atom. The molecule has 2 aromatic rings. The van der Waals surface area contributed by atoms with Crippen LogP contribution in [0.25, 0.3) is 0 Å². The van der Waals surface area contributed by atoms with E-state index >= 15 is 4.39 Å². The van der Waals surface area contributed by atoms with Crippen molar-refractivity contribution in [3.63, 3.8) is 0 Å². The van der Waals surface area contributed by atoms with Gasteiger partial charge in [-0.3, -0.25) is 0 Å². The van der Waals surface area contributed by atoms with E-state index in [9.17, 15) is 5.11 Å². The number of aliphatic hydroxyl groups excluding tert-OH is 1. The van der Waals surface area contributed by atoms with Crippen LogP contribution in [0.2, 0.25) is 0 Å². The summed E-state index contributed by atoms with van der Waals surface area (Å²) in [5.41, 5.74) is 2.59. The van der Waals surface area contributed by atoms with Gasteiger partial charge in [-0.15, -0.1) is 0 Å². The Morgan fingerprint density at radius 1 is 1.13 bits per heavy atom. The molecule has 1 N–H and O–H groups in total. The van der Waals surface area contributed by atoms with Gasteiger partial charge in [-0.25, -0.2) is 4.39 Å². The van der Waals surface area contributed by atoms with Crippen LogP contribution in [0.15, 0.2) is 36.4 Å². The molecule has 0 saturated heterocycles. The molecule has 0 saturated carbocycles. The molecule has 30 heavy (non-hydrogen) atoms. The van der Waals surface area contributed by atoms with Crippen molar-refractivity contribution in [3.05, 3.63) is 53.1 Å². The van der Waals surface area contributed by atoms with Crippen LogP contribution in [0.3, 0.4) is 0 Å². The molecular weight excluding hydrogens is 391 g/mol. The number of ether oxygens (including phenoxy) is 5. The van der Waals surface area contributed by atoms with Crippen LogP contribution in [-0.2, 0) is 6.42 Å². The van der Waals surface area contributed by atoms with Gasteiger partial charge in [-0.1, -0.05) is 6.58 Å². The zero-order valence-corrected chi connectivity index (χ0v) is 16.8. The van der Waals surface area contributed by atoms with Crippen molar-refractivity contribution in [2.24, 2.45) is 0 Å². The van der Waals surface area contributed by atoms with Gasteiger partial charge in [-0.2, -0.15) is 0 Å². The van der Waals surface area contributed by atoms with Gasteiger partial charge in [0.05, 0.1) is 26.7 Å². The van der Waals surface area contributed by atoms with Gasteiger partial charge in [0.1, 0.15) is 42.2 Å². The van der Waals surface area contributed by atoms with Crippen LogP contribution < -0.4 is 23.7 Å². The Labute approximate surface area is 173 Å². The summed E-state index contributed by atoms with van der Waals surface area (Å²) in [7, 11) is 3.10. The lowest BCUT2D eigenvalue weighted by Gasteiger charge is -2.40. The zero-order chi connectivity index (χ0) is 21.0. The molecule has 7 heteroatoms. The first-order chi connectivity index (χ1) is 14.5. The van der Waals surface area contributed by atoms with E-state index in [1.165, 1.54) is 0 Å². The minimum absolute atomic E-state index is 0.159. The number of rotatable bonds is 4. The summed E-state index contributed by atoms with van der Waals surface area (Å²) in [6, 6.07) is 6.98. The summed E-state index contributed by atoms with van der Waals surface area (Å²) in [4.78, 5) is 0. The van der Waals surface area contributed by atoms with Crippen LogP contribution in [0.5, 0.6) is 28.7 Å². The van der Waals surface area contributed by atoms with E-state index in [1.54, 1.807) is 38.5 Å². The third kappa shape index (κ3) is 2.72. The third-order valence-corrected chi connectivity index (χ3v) is 6.13. The molecule has 3 aliphatic rings. The minimum Gasteiger partial charge on any atom is -0.493 e. The number of alkyl halides is 1. The van der Waals surface area contributed by atoms with Gasteiger partial charge in [0.25, 0.3) is 0 Å². The lowest BCUT2D eigenvalue weighted by atomic mass is 9.80. The Hall–Kier alpha value is -2.93. The average Bonchev–Trinajstić information content (AvgIpc) is 3.22. The van der Waals surface area contributed by atoms with E-state index in [1.807, 2.05) is 0 Å². The maximum atomic E-state index is 15.9. The molecule has 2 aromatic carbocycles. The summed E-state index contributed by atoms with van der Waals surface area (Å²) in [6.07, 6.45) is -1.60. The summed E-state index contributed by atoms with van der Waals surface area (Å²) < 4.78 is 44.7. The van der Waals surface area contributed by atoms with Crippen LogP contribution in [-0.4, -0.2) is 44.7 Å². The predicted molar refractivity (Wildman–Crippen MR) is 107 cm³/mol. The highest BCUT2D eigenvalue weighted by molar-refractivity contribution is 5.59. The van der Waals surface area contributed by atoms with Crippen molar-refractivity contribution in [1.29, 1.82) is 0 Å². The molecule has 158 valence electrons. The molecule has 0 amide bonds. The zero-order valence-electron chi connectivity index (χ0n) is 16.8. The van der Waals surface area contributed by atoms with Crippen LogP contribution in [0.1, 0.15) is 28.8 Å². The molecule has 6 nitrogen and oxygen atoms in total. The number of hydrogen-bond donors (Lipinski definition) is 1. The summed E-state index contributed by atoms with van der Waals surface area (Å²) in [5, 5.41) is 9.38. The quantitative estimate of drug-likeness (QED) is 0.773. The van der Waals surface area contributed by atoms with E-state index in [-0.39, 0.29) is 19.3 Å². The van der Waals surface area contributed by atoms with Gasteiger partial charge in [0, 0.05) is 29.2 Å². The van der Waals surface area contributed by atoms with E-state index in [4.69, 9.17) is 23.7 Å². The molecule has 0 spiro atoms. The van der Waals surface area contributed by atoms with Gasteiger partial charge in [0.2, 0.25) is 0 Å². The molecule has 4 atom stereocenters. The first-order valence-electron chi connectivity index (χ1n) is 9.86. The normalized spacial score (nSPS) is 25.5. The number of aliphatic hydroxyl groups is 1. The van der Waals surface area contributed by atoms with Crippen LogP contribution in [0, 0.1) is 0 Å². The van der Waals surface area contributed by atoms with Crippen LogP contribution >= 0.6 is 0 Å². The molecule has 5 rings (SSSR count). The van der Waals surface area contributed by atoms with E-state index in [0.717, 1.165) is 5.56 Å². The molecule has 0 aromatic heterocycles. The first-order valence-corrected chi connectivity index (χ1v) is 9.86. The second kappa shape index (κ2) is 7.09. The highest BCUT2D eigenvalue weighted by atomic mass is 19.1. The maximum Gasteiger partial charge on any atom is 0.164 e. The lowest BCUT2D eigenvalue weighted by molar-refractivity contribution is 0.0329. The average molecular weight is 414 g/mol. The Bertz CT molecular complexity index is 1020. The predicted octanol–water partition coefficient (Wildman–Crippen LogP) is 3.50. The Kier molecular flexibility index (Phi) is 4.50. The molecule has 3 aliphatic heterocycles. The fourth-order valence-electron chi connectivity index (χ4n) is 4.53. The Morgan fingerprint density at radius 2 is 1.90 bits per heavy atom. The number of benzene rings is 2. The van der Waals surface area contributed by atoms with Gasteiger partial charge in [0.15, 0.2) is 11.5 Å². The third-order valence-electron chi connectivity index (χ3n) is 6.13. The van der Waals surface area contributed by atoms with Crippen molar-refractivity contribution in [1.82, 2.24) is 0 Å². The van der Waals surface area contributed by atoms with Crippen molar-refractivity contribution in [2.75, 3.05) is 27.4 Å². The Balaban J connectivity index is 1.55. The highest BCUT2D eigenvalue weighted by Crippen LogP contribution is 2.55. The maximum absolute atomic E-state index is 15.9. The van der Waals surface area contributed by atoms with Gasteiger partial charge in [-0.05, 0) is 23.8 Å². The van der Waals surface area contributed by atoms with Crippen molar-refractivity contribution in [3.8, 4) is 28.7 Å². The topological polar surface area (TPSA) is 66.4 Å². The van der Waals surface area contributed by atoms with Gasteiger partial charge >= 0.3 is 0 Å². The summed E-state index contributed by atoms with van der Waals surface area (Å²) in [6.45, 7) is 3.92. The molecular formula is C23H23FO6. The molecule has 0 aliphatic carbocycles. The number of hydrogen-bond acceptors (Lipinski definition) is 6. The molecule has 0 radical (unpaired) electrons. The standard InChI is InChI=1S/C23H23FO6/c1-11(9-25)16-7-14-15(29-16)5-4-12-22(24)21-13-6-18(26-2)19(27-3)8-17(13)28-10-20(21)30-23(12)14/h4-6,8,16,20-22,25H,1,7,9-10H2,2-3H3/t16-,20?,21?,22+/m1/s1. The largest absolute Gasteiger partial charge is 0.493 e. The molecule has 0 bridgehead atoms. The number of methoxy groups -OCH3 is 2. The second-order valence-electron chi connectivity index (χ2n) is 7.73. The SMILES string of the molecule is C=C(CO)[C@H]1Cc2c(ccc3c2OC2COc4cc(OC)c(OC)cc4C2[C@H]3F)O1. The fourth-order valence-corrected chi connectivity index (χ4v) is 4.53. The van der Waals surface area contributed by atoms with Gasteiger partial charge < -0.3 is 28.8 Å². The molecule has 3 heterocycles. The van der Waals surface area contributed by atoms with Crippen LogP contribution in [0.4, 0.5) is 4.39 Å². The number of halogens is 1. The summed E-state index contributed by atoms with van der Waals surface area (Å²) in [5.74, 6) is 2.26. The first kappa shape index (κ1) is 19.1. The fraction of sp³-hybridized carbons (Fsp3) is 0.391. The minimum atomic E-state index is -1.27. The highest BCUT2D eigenvalue weighted by Gasteiger charge is 2.46. The lowest BCUT2D eigenvalue weighted by Crippen LogP contribution is -2.41. The van der Waals surface area contributed by atoms with E-state index in [2.05, 4.69) is 6.58 Å². The molecule has 2 unspecified atom stereocenters. The molecule has 0 fully saturated rings. The van der Waals surface area contributed by atoms with Crippen molar-refractivity contribution >= 4 is 0 Å². The van der Waals surface area contributed by atoms with E-state index < -0.39 is 18.2 Å². The van der Waals surface area contributed by atoms with E-state index in [0.29, 0.717) is 51.9 Å². The van der Waals surface area contributed by atoms with Crippen molar-refractivity contribution < 1.29 is 33.2 Å². The number of fused-ring (bicyclic) bond motifs is 6. The smallest absolute Gasteiger partial charge is 0.164 e. The monoisotopic (exact) mass is 414 g/mol. The summed E-state index contributed by atoms with van der Waals surface area (Å²) >= 11 is 0. The van der Waals surface area contributed by atoms with Crippen molar-refractivity contribution in [2.45, 2.75) is 30.7 Å².